The molecule has 0 atom stereocenters. The van der Waals surface area contributed by atoms with Crippen LogP contribution in [0.1, 0.15) is 46.0 Å². The molecule has 0 aromatic rings. The van der Waals surface area contributed by atoms with E-state index in [4.69, 9.17) is 0 Å². The molecule has 3 nitrogen and oxygen atoms in total. The highest BCUT2D eigenvalue weighted by atomic mass is 16.2. The Morgan fingerprint density at radius 3 is 2.87 bits per heavy atom. The van der Waals surface area contributed by atoms with Crippen LogP contribution < -0.4 is 5.32 Å². The predicted molar refractivity (Wildman–Crippen MR) is 62.8 cm³/mol. The summed E-state index contributed by atoms with van der Waals surface area (Å²) in [4.78, 5) is 13.7. The van der Waals surface area contributed by atoms with Gasteiger partial charge >= 0.3 is 0 Å². The van der Waals surface area contributed by atoms with Crippen LogP contribution >= 0.6 is 0 Å². The van der Waals surface area contributed by atoms with E-state index in [9.17, 15) is 4.79 Å². The lowest BCUT2D eigenvalue weighted by Gasteiger charge is -2.20. The Morgan fingerprint density at radius 2 is 2.13 bits per heavy atom. The average molecular weight is 212 g/mol. The van der Waals surface area contributed by atoms with Crippen LogP contribution in [0.3, 0.4) is 0 Å². The van der Waals surface area contributed by atoms with Gasteiger partial charge in [-0.25, -0.2) is 0 Å². The first-order valence-corrected chi connectivity index (χ1v) is 6.21. The lowest BCUT2D eigenvalue weighted by molar-refractivity contribution is -0.130. The Labute approximate surface area is 93.2 Å². The summed E-state index contributed by atoms with van der Waals surface area (Å²) in [5.41, 5.74) is 0. The van der Waals surface area contributed by atoms with E-state index < -0.39 is 0 Å². The normalized spacial score (nSPS) is 18.3. The van der Waals surface area contributed by atoms with Gasteiger partial charge in [-0.15, -0.1) is 0 Å². The third-order valence-electron chi connectivity index (χ3n) is 2.83. The number of nitrogens with zero attached hydrogens (tertiary/aromatic N) is 1. The van der Waals surface area contributed by atoms with Gasteiger partial charge < -0.3 is 10.2 Å². The fourth-order valence-corrected chi connectivity index (χ4v) is 1.94. The number of hydrogen-bond acceptors (Lipinski definition) is 2. The van der Waals surface area contributed by atoms with Crippen LogP contribution in [0.2, 0.25) is 0 Å². The maximum absolute atomic E-state index is 11.6. The first kappa shape index (κ1) is 12.5. The summed E-state index contributed by atoms with van der Waals surface area (Å²) in [6, 6.07) is 0.546. The van der Waals surface area contributed by atoms with E-state index in [0.29, 0.717) is 11.9 Å². The second-order valence-electron chi connectivity index (χ2n) is 4.65. The minimum Gasteiger partial charge on any atom is -0.343 e. The first-order chi connectivity index (χ1) is 7.20. The van der Waals surface area contributed by atoms with E-state index in [-0.39, 0.29) is 0 Å². The number of rotatable bonds is 5. The Bertz CT molecular complexity index is 192. The summed E-state index contributed by atoms with van der Waals surface area (Å²) in [5.74, 6) is 0.358. The van der Waals surface area contributed by atoms with Crippen LogP contribution in [0, 0.1) is 0 Å². The average Bonchev–Trinajstić information content (AvgIpc) is 2.38. The highest BCUT2D eigenvalue weighted by Crippen LogP contribution is 2.11. The molecule has 0 aliphatic carbocycles. The first-order valence-electron chi connectivity index (χ1n) is 6.21. The number of nitrogens with one attached hydrogen (secondary N) is 1. The monoisotopic (exact) mass is 212 g/mol. The van der Waals surface area contributed by atoms with Gasteiger partial charge in [-0.1, -0.05) is 20.3 Å². The summed E-state index contributed by atoms with van der Waals surface area (Å²) in [7, 11) is 0. The second kappa shape index (κ2) is 6.83. The Balaban J connectivity index is 2.15. The standard InChI is InChI=1S/C12H24N2O/c1-11(2)13-8-6-10-14-9-5-3-4-7-12(14)15/h11,13H,3-10H2,1-2H3. The Hall–Kier alpha value is -0.570. The number of amides is 1. The van der Waals surface area contributed by atoms with Gasteiger partial charge in [0.25, 0.3) is 0 Å². The molecule has 1 saturated heterocycles. The molecular weight excluding hydrogens is 188 g/mol. The molecule has 1 amide bonds. The summed E-state index contributed by atoms with van der Waals surface area (Å²) in [6.45, 7) is 7.22. The molecule has 0 aromatic heterocycles. The molecule has 0 unspecified atom stereocenters. The van der Waals surface area contributed by atoms with Gasteiger partial charge in [-0.2, -0.15) is 0 Å². The van der Waals surface area contributed by atoms with Crippen LogP contribution in [-0.4, -0.2) is 36.5 Å². The molecule has 1 rings (SSSR count). The number of hydrogen-bond donors (Lipinski definition) is 1. The third kappa shape index (κ3) is 5.17. The number of carbonyl (C=O) groups excluding carboxylic acids is 1. The zero-order chi connectivity index (χ0) is 11.1. The minimum atomic E-state index is 0.358. The second-order valence-corrected chi connectivity index (χ2v) is 4.65. The molecule has 0 bridgehead atoms. The maximum atomic E-state index is 11.6. The van der Waals surface area contributed by atoms with Gasteiger partial charge in [0.05, 0.1) is 0 Å². The van der Waals surface area contributed by atoms with Crippen molar-refractivity contribution in [3.8, 4) is 0 Å². The van der Waals surface area contributed by atoms with E-state index in [0.717, 1.165) is 38.9 Å². The van der Waals surface area contributed by atoms with Crippen LogP contribution in [0.4, 0.5) is 0 Å². The molecule has 1 N–H and O–H groups in total. The molecule has 3 heteroatoms. The molecule has 0 aromatic carbocycles. The van der Waals surface area contributed by atoms with Crippen molar-refractivity contribution in [1.82, 2.24) is 10.2 Å². The van der Waals surface area contributed by atoms with Crippen LogP contribution in [0.5, 0.6) is 0 Å². The SMILES string of the molecule is CC(C)NCCCN1CCCCCC1=O. The predicted octanol–water partition coefficient (Wildman–Crippen LogP) is 1.78. The van der Waals surface area contributed by atoms with Crippen molar-refractivity contribution < 1.29 is 4.79 Å². The lowest BCUT2D eigenvalue weighted by atomic mass is 10.2. The van der Waals surface area contributed by atoms with E-state index >= 15 is 0 Å². The number of carbonyl (C=O) groups is 1. The van der Waals surface area contributed by atoms with Crippen molar-refractivity contribution in [2.75, 3.05) is 19.6 Å². The van der Waals surface area contributed by atoms with Gasteiger partial charge in [0, 0.05) is 25.6 Å². The molecule has 0 saturated carbocycles. The van der Waals surface area contributed by atoms with E-state index in [1.165, 1.54) is 12.8 Å². The summed E-state index contributed by atoms with van der Waals surface area (Å²) in [5, 5.41) is 3.38. The largest absolute Gasteiger partial charge is 0.343 e. The quantitative estimate of drug-likeness (QED) is 0.705. The van der Waals surface area contributed by atoms with Gasteiger partial charge in [-0.3, -0.25) is 4.79 Å². The highest BCUT2D eigenvalue weighted by Gasteiger charge is 2.15. The zero-order valence-corrected chi connectivity index (χ0v) is 10.1. The van der Waals surface area contributed by atoms with Crippen LogP contribution in [0.15, 0.2) is 0 Å². The van der Waals surface area contributed by atoms with Crippen LogP contribution in [0.25, 0.3) is 0 Å². The summed E-state index contributed by atoms with van der Waals surface area (Å²) >= 11 is 0. The van der Waals surface area contributed by atoms with Gasteiger partial charge in [0.2, 0.25) is 5.91 Å². The fraction of sp³-hybridized carbons (Fsp3) is 0.917. The van der Waals surface area contributed by atoms with Crippen molar-refractivity contribution in [2.24, 2.45) is 0 Å². The third-order valence-corrected chi connectivity index (χ3v) is 2.83. The van der Waals surface area contributed by atoms with Gasteiger partial charge in [0.1, 0.15) is 0 Å². The maximum Gasteiger partial charge on any atom is 0.222 e. The molecule has 88 valence electrons. The summed E-state index contributed by atoms with van der Waals surface area (Å²) < 4.78 is 0. The Kier molecular flexibility index (Phi) is 5.69. The minimum absolute atomic E-state index is 0.358. The van der Waals surface area contributed by atoms with E-state index in [1.807, 2.05) is 4.90 Å². The molecule has 1 fully saturated rings. The van der Waals surface area contributed by atoms with Gasteiger partial charge in [-0.05, 0) is 25.8 Å². The number of likely N-dealkylation sites (tertiary alicyclic amines) is 1. The molecule has 1 aliphatic heterocycles. The Morgan fingerprint density at radius 1 is 1.33 bits per heavy atom. The summed E-state index contributed by atoms with van der Waals surface area (Å²) in [6.07, 6.45) is 5.32. The molecule has 1 aliphatic rings. The van der Waals surface area contributed by atoms with Crippen molar-refractivity contribution in [1.29, 1.82) is 0 Å². The van der Waals surface area contributed by atoms with E-state index in [1.54, 1.807) is 0 Å². The molecule has 0 spiro atoms. The lowest BCUT2D eigenvalue weighted by Crippen LogP contribution is -2.33. The van der Waals surface area contributed by atoms with Crippen molar-refractivity contribution in [3.63, 3.8) is 0 Å². The van der Waals surface area contributed by atoms with Crippen molar-refractivity contribution in [3.05, 3.63) is 0 Å². The van der Waals surface area contributed by atoms with Crippen molar-refractivity contribution >= 4 is 5.91 Å². The highest BCUT2D eigenvalue weighted by molar-refractivity contribution is 5.76. The smallest absolute Gasteiger partial charge is 0.222 e. The van der Waals surface area contributed by atoms with E-state index in [2.05, 4.69) is 19.2 Å². The molecule has 0 radical (unpaired) electrons. The fourth-order valence-electron chi connectivity index (χ4n) is 1.94. The molecule has 1 heterocycles. The van der Waals surface area contributed by atoms with Crippen LogP contribution in [-0.2, 0) is 4.79 Å². The van der Waals surface area contributed by atoms with Gasteiger partial charge in [0.15, 0.2) is 0 Å². The topological polar surface area (TPSA) is 32.3 Å². The molecular formula is C12H24N2O. The zero-order valence-electron chi connectivity index (χ0n) is 10.1. The molecule has 15 heavy (non-hydrogen) atoms. The van der Waals surface area contributed by atoms with Crippen molar-refractivity contribution in [2.45, 2.75) is 52.0 Å².